The molecule has 198 valence electrons. The Hall–Kier alpha value is -4.86. The molecular weight excluding hydrogens is 559 g/mol. The minimum Gasteiger partial charge on any atom is -0.445 e. The van der Waals surface area contributed by atoms with Gasteiger partial charge in [0.1, 0.15) is 0 Å². The molecule has 0 spiro atoms. The first-order valence-electron chi connectivity index (χ1n) is 11.7. The number of ether oxygens (including phenoxy) is 1. The zero-order valence-electron chi connectivity index (χ0n) is 20.2. The number of halogens is 2. The number of fused-ring (bicyclic) bond motifs is 1. The molecule has 0 aliphatic carbocycles. The Morgan fingerprint density at radius 3 is 1.85 bits per heavy atom. The zero-order chi connectivity index (χ0) is 28.6. The van der Waals surface area contributed by atoms with E-state index in [0.29, 0.717) is 0 Å². The fraction of sp³-hybridized carbons (Fsp3) is 0.0345. The second-order valence-electron chi connectivity index (χ2n) is 8.67. The highest BCUT2D eigenvalue weighted by atomic mass is 35.5. The average molecular weight is 575 g/mol. The molecule has 11 heteroatoms. The van der Waals surface area contributed by atoms with Gasteiger partial charge in [0, 0.05) is 23.3 Å². The summed E-state index contributed by atoms with van der Waals surface area (Å²) in [5.41, 5.74) is 0.782. The lowest BCUT2D eigenvalue weighted by atomic mass is 9.99. The number of rotatable bonds is 7. The predicted octanol–water partition coefficient (Wildman–Crippen LogP) is 6.48. The molecule has 1 heterocycles. The molecule has 9 nitrogen and oxygen atoms in total. The Balaban J connectivity index is 1.40. The van der Waals surface area contributed by atoms with Crippen molar-refractivity contribution in [2.24, 2.45) is 0 Å². The molecule has 40 heavy (non-hydrogen) atoms. The molecule has 5 rings (SSSR count). The maximum Gasteiger partial charge on any atom is 0.339 e. The number of carbonyl (C=O) groups is 4. The molecule has 1 atom stereocenters. The smallest absolute Gasteiger partial charge is 0.339 e. The molecule has 0 unspecified atom stereocenters. The monoisotopic (exact) mass is 574 g/mol. The van der Waals surface area contributed by atoms with E-state index in [0.717, 1.165) is 4.90 Å². The molecule has 0 aromatic heterocycles. The highest BCUT2D eigenvalue weighted by Crippen LogP contribution is 2.34. The van der Waals surface area contributed by atoms with Gasteiger partial charge in [0.15, 0.2) is 6.10 Å². The van der Waals surface area contributed by atoms with Crippen LogP contribution in [0.1, 0.15) is 53.1 Å². The fourth-order valence-electron chi connectivity index (χ4n) is 4.19. The van der Waals surface area contributed by atoms with Gasteiger partial charge in [0.2, 0.25) is 5.78 Å². The minimum absolute atomic E-state index is 0.0409. The van der Waals surface area contributed by atoms with Crippen LogP contribution in [0.5, 0.6) is 0 Å². The van der Waals surface area contributed by atoms with E-state index in [1.54, 1.807) is 30.3 Å². The number of nitro groups is 1. The minimum atomic E-state index is -1.39. The number of amides is 2. The Labute approximate surface area is 236 Å². The summed E-state index contributed by atoms with van der Waals surface area (Å²) in [5.74, 6) is -2.58. The topological polar surface area (TPSA) is 124 Å². The number of imide groups is 1. The number of esters is 1. The summed E-state index contributed by atoms with van der Waals surface area (Å²) in [7, 11) is 0. The van der Waals surface area contributed by atoms with Crippen molar-refractivity contribution < 1.29 is 28.8 Å². The number of non-ortho nitro benzene ring substituents is 1. The van der Waals surface area contributed by atoms with Gasteiger partial charge in [0.25, 0.3) is 17.5 Å². The number of hydrogen-bond donors (Lipinski definition) is 0. The van der Waals surface area contributed by atoms with Crippen LogP contribution < -0.4 is 4.90 Å². The number of ketones is 1. The van der Waals surface area contributed by atoms with Crippen LogP contribution in [-0.2, 0) is 4.74 Å². The molecular formula is C29H16Cl2N2O7. The van der Waals surface area contributed by atoms with E-state index in [1.165, 1.54) is 60.7 Å². The SMILES string of the molecule is O=C(O[C@H](C(=O)c1ccccc1)c1ccc([N+](=O)[O-])cc1)c1ccc(N2C(=O)c3cc(Cl)c(Cl)cc3C2=O)cc1. The Bertz CT molecular complexity index is 1650. The van der Waals surface area contributed by atoms with Gasteiger partial charge in [0.05, 0.1) is 37.3 Å². The van der Waals surface area contributed by atoms with E-state index in [9.17, 15) is 29.3 Å². The van der Waals surface area contributed by atoms with Gasteiger partial charge in [-0.25, -0.2) is 9.69 Å². The second kappa shape index (κ2) is 10.7. The highest BCUT2D eigenvalue weighted by Gasteiger charge is 2.37. The van der Waals surface area contributed by atoms with Gasteiger partial charge in [-0.15, -0.1) is 0 Å². The number of anilines is 1. The maximum absolute atomic E-state index is 13.3. The Morgan fingerprint density at radius 1 is 0.775 bits per heavy atom. The first-order chi connectivity index (χ1) is 19.2. The molecule has 0 radical (unpaired) electrons. The molecule has 0 saturated carbocycles. The van der Waals surface area contributed by atoms with Crippen LogP contribution in [0.4, 0.5) is 11.4 Å². The lowest BCUT2D eigenvalue weighted by Gasteiger charge is -2.18. The fourth-order valence-corrected chi connectivity index (χ4v) is 4.51. The van der Waals surface area contributed by atoms with Gasteiger partial charge in [-0.2, -0.15) is 0 Å². The normalized spacial score (nSPS) is 13.1. The van der Waals surface area contributed by atoms with Crippen molar-refractivity contribution in [1.29, 1.82) is 0 Å². The van der Waals surface area contributed by atoms with Gasteiger partial charge in [-0.1, -0.05) is 53.5 Å². The molecule has 1 aliphatic rings. The summed E-state index contributed by atoms with van der Waals surface area (Å²) in [5, 5.41) is 11.3. The number of benzene rings is 4. The Morgan fingerprint density at radius 2 is 1.32 bits per heavy atom. The molecule has 0 fully saturated rings. The standard InChI is InChI=1S/C29H16Cl2N2O7/c30-23-14-21-22(15-24(23)31)28(36)32(27(21)35)19-10-8-18(9-11-19)29(37)40-26(25(34)16-4-2-1-3-5-16)17-6-12-20(13-7-17)33(38)39/h1-15,26H/t26-/m0/s1. The lowest BCUT2D eigenvalue weighted by molar-refractivity contribution is -0.384. The van der Waals surface area contributed by atoms with Gasteiger partial charge in [-0.05, 0) is 48.5 Å². The summed E-state index contributed by atoms with van der Waals surface area (Å²) in [4.78, 5) is 63.6. The zero-order valence-corrected chi connectivity index (χ0v) is 21.8. The van der Waals surface area contributed by atoms with E-state index >= 15 is 0 Å². The molecule has 4 aromatic rings. The summed E-state index contributed by atoms with van der Waals surface area (Å²) in [6.07, 6.45) is -1.39. The second-order valence-corrected chi connectivity index (χ2v) is 9.48. The molecule has 2 amide bonds. The molecule has 0 bridgehead atoms. The van der Waals surface area contributed by atoms with E-state index in [4.69, 9.17) is 27.9 Å². The number of nitro benzene ring substituents is 1. The number of hydrogen-bond acceptors (Lipinski definition) is 7. The molecule has 0 N–H and O–H groups in total. The number of Topliss-reactive ketones (excluding diaryl/α,β-unsaturated/α-hetero) is 1. The third kappa shape index (κ3) is 4.95. The summed E-state index contributed by atoms with van der Waals surface area (Å²) in [6.45, 7) is 0. The summed E-state index contributed by atoms with van der Waals surface area (Å²) < 4.78 is 5.59. The van der Waals surface area contributed by atoms with Crippen LogP contribution in [-0.4, -0.2) is 28.5 Å². The lowest BCUT2D eigenvalue weighted by Crippen LogP contribution is -2.29. The third-order valence-corrected chi connectivity index (χ3v) is 6.94. The van der Waals surface area contributed by atoms with Crippen LogP contribution in [0.2, 0.25) is 10.0 Å². The third-order valence-electron chi connectivity index (χ3n) is 6.22. The first-order valence-corrected chi connectivity index (χ1v) is 12.4. The maximum atomic E-state index is 13.3. The Kier molecular flexibility index (Phi) is 7.17. The van der Waals surface area contributed by atoms with Crippen molar-refractivity contribution in [3.8, 4) is 0 Å². The quantitative estimate of drug-likeness (QED) is 0.0812. The van der Waals surface area contributed by atoms with Crippen LogP contribution in [0.25, 0.3) is 0 Å². The van der Waals surface area contributed by atoms with Crippen LogP contribution in [0.15, 0.2) is 91.0 Å². The highest BCUT2D eigenvalue weighted by molar-refractivity contribution is 6.44. The molecule has 4 aromatic carbocycles. The van der Waals surface area contributed by atoms with Gasteiger partial charge in [-0.3, -0.25) is 24.5 Å². The van der Waals surface area contributed by atoms with E-state index < -0.39 is 34.6 Å². The summed E-state index contributed by atoms with van der Waals surface area (Å²) in [6, 6.07) is 21.4. The van der Waals surface area contributed by atoms with Crippen molar-refractivity contribution >= 4 is 58.1 Å². The summed E-state index contributed by atoms with van der Waals surface area (Å²) >= 11 is 12.0. The van der Waals surface area contributed by atoms with Crippen molar-refractivity contribution in [3.05, 3.63) is 139 Å². The van der Waals surface area contributed by atoms with Crippen LogP contribution in [0.3, 0.4) is 0 Å². The van der Waals surface area contributed by atoms with E-state index in [-0.39, 0.29) is 49.2 Å². The van der Waals surface area contributed by atoms with Crippen molar-refractivity contribution in [2.45, 2.75) is 6.10 Å². The molecule has 1 aliphatic heterocycles. The van der Waals surface area contributed by atoms with Crippen molar-refractivity contribution in [3.63, 3.8) is 0 Å². The van der Waals surface area contributed by atoms with Crippen molar-refractivity contribution in [2.75, 3.05) is 4.90 Å². The van der Waals surface area contributed by atoms with Crippen molar-refractivity contribution in [1.82, 2.24) is 0 Å². The van der Waals surface area contributed by atoms with E-state index in [1.807, 2.05) is 0 Å². The average Bonchev–Trinajstić information content (AvgIpc) is 3.20. The number of carbonyl (C=O) groups excluding carboxylic acids is 4. The first kappa shape index (κ1) is 26.7. The van der Waals surface area contributed by atoms with Crippen LogP contribution >= 0.6 is 23.2 Å². The van der Waals surface area contributed by atoms with Gasteiger partial charge >= 0.3 is 5.97 Å². The van der Waals surface area contributed by atoms with Gasteiger partial charge < -0.3 is 4.74 Å². The number of nitrogens with zero attached hydrogens (tertiary/aromatic N) is 2. The van der Waals surface area contributed by atoms with E-state index in [2.05, 4.69) is 0 Å². The van der Waals surface area contributed by atoms with Crippen LogP contribution in [0, 0.1) is 10.1 Å². The molecule has 0 saturated heterocycles. The largest absolute Gasteiger partial charge is 0.445 e. The predicted molar refractivity (Wildman–Crippen MR) is 146 cm³/mol.